The number of hydrogen-bond acceptors (Lipinski definition) is 6. The Labute approximate surface area is 127 Å². The monoisotopic (exact) mass is 308 g/mol. The molecule has 0 aliphatic heterocycles. The van der Waals surface area contributed by atoms with Gasteiger partial charge in [-0.25, -0.2) is 4.98 Å². The van der Waals surface area contributed by atoms with Crippen molar-refractivity contribution in [1.82, 2.24) is 15.2 Å². The van der Waals surface area contributed by atoms with Crippen molar-refractivity contribution >= 4 is 27.8 Å². The lowest BCUT2D eigenvalue weighted by molar-refractivity contribution is 0.583. The second-order valence-electron chi connectivity index (χ2n) is 6.20. The highest BCUT2D eigenvalue weighted by atomic mass is 32.1. The van der Waals surface area contributed by atoms with Crippen LogP contribution in [-0.4, -0.2) is 21.7 Å². The van der Waals surface area contributed by atoms with Gasteiger partial charge >= 0.3 is 0 Å². The highest BCUT2D eigenvalue weighted by Crippen LogP contribution is 2.48. The predicted octanol–water partition coefficient (Wildman–Crippen LogP) is 4.27. The van der Waals surface area contributed by atoms with E-state index in [-0.39, 0.29) is 5.41 Å². The molecule has 1 aliphatic carbocycles. The molecule has 2 aromatic heterocycles. The number of rotatable bonds is 4. The van der Waals surface area contributed by atoms with Crippen LogP contribution in [0.25, 0.3) is 9.88 Å². The van der Waals surface area contributed by atoms with Crippen molar-refractivity contribution < 1.29 is 0 Å². The fourth-order valence-electron chi connectivity index (χ4n) is 1.98. The van der Waals surface area contributed by atoms with E-state index < -0.39 is 0 Å². The molecule has 0 aromatic carbocycles. The van der Waals surface area contributed by atoms with E-state index in [0.717, 1.165) is 16.7 Å². The maximum Gasteiger partial charge on any atom is 0.206 e. The zero-order chi connectivity index (χ0) is 14.3. The Hall–Kier alpha value is -1.01. The molecule has 6 heteroatoms. The van der Waals surface area contributed by atoms with E-state index in [2.05, 4.69) is 43.2 Å². The molecule has 0 bridgehead atoms. The van der Waals surface area contributed by atoms with E-state index in [1.807, 2.05) is 0 Å². The number of thiazole rings is 1. The van der Waals surface area contributed by atoms with E-state index >= 15 is 0 Å². The van der Waals surface area contributed by atoms with Crippen molar-refractivity contribution in [3.8, 4) is 9.88 Å². The Morgan fingerprint density at radius 3 is 2.55 bits per heavy atom. The summed E-state index contributed by atoms with van der Waals surface area (Å²) in [5.74, 6) is 0.642. The van der Waals surface area contributed by atoms with Gasteiger partial charge in [0.05, 0.1) is 15.6 Å². The lowest BCUT2D eigenvalue weighted by Gasteiger charge is -2.13. The number of aromatic nitrogens is 3. The van der Waals surface area contributed by atoms with Gasteiger partial charge in [0.25, 0.3) is 0 Å². The van der Waals surface area contributed by atoms with Crippen LogP contribution in [0, 0.1) is 0 Å². The van der Waals surface area contributed by atoms with Gasteiger partial charge in [0.2, 0.25) is 5.13 Å². The molecule has 108 valence electrons. The standard InChI is InChI=1S/C14H20N4S2/c1-5-15-13-18-17-11(20-13)10-9(8-6-7-8)16-12(19-10)14(2,3)4/h8H,5-7H2,1-4H3,(H,15,18). The third-order valence-electron chi connectivity index (χ3n) is 3.21. The normalized spacial score (nSPS) is 15.6. The average Bonchev–Trinajstić information content (AvgIpc) is 2.94. The van der Waals surface area contributed by atoms with Crippen LogP contribution in [0.1, 0.15) is 57.2 Å². The molecular formula is C14H20N4S2. The third-order valence-corrected chi connectivity index (χ3v) is 5.74. The summed E-state index contributed by atoms with van der Waals surface area (Å²) < 4.78 is 0. The molecule has 20 heavy (non-hydrogen) atoms. The van der Waals surface area contributed by atoms with Crippen LogP contribution in [0.15, 0.2) is 0 Å². The van der Waals surface area contributed by atoms with Crippen LogP contribution in [0.4, 0.5) is 5.13 Å². The van der Waals surface area contributed by atoms with Crippen molar-refractivity contribution in [1.29, 1.82) is 0 Å². The van der Waals surface area contributed by atoms with Gasteiger partial charge in [-0.1, -0.05) is 32.1 Å². The van der Waals surface area contributed by atoms with Crippen LogP contribution in [0.5, 0.6) is 0 Å². The summed E-state index contributed by atoms with van der Waals surface area (Å²) in [7, 11) is 0. The van der Waals surface area contributed by atoms with Crippen molar-refractivity contribution in [3.63, 3.8) is 0 Å². The Morgan fingerprint density at radius 1 is 1.20 bits per heavy atom. The van der Waals surface area contributed by atoms with Gasteiger partial charge in [0.15, 0.2) is 5.01 Å². The third kappa shape index (κ3) is 2.72. The lowest BCUT2D eigenvalue weighted by Crippen LogP contribution is -2.10. The highest BCUT2D eigenvalue weighted by Gasteiger charge is 2.33. The zero-order valence-electron chi connectivity index (χ0n) is 12.4. The molecule has 1 aliphatic rings. The molecule has 0 amide bonds. The Morgan fingerprint density at radius 2 is 1.95 bits per heavy atom. The second kappa shape index (κ2) is 5.07. The second-order valence-corrected chi connectivity index (χ2v) is 8.18. The Bertz CT molecular complexity index is 605. The van der Waals surface area contributed by atoms with Gasteiger partial charge < -0.3 is 5.32 Å². The van der Waals surface area contributed by atoms with E-state index in [9.17, 15) is 0 Å². The first kappa shape index (κ1) is 13.9. The molecule has 1 saturated carbocycles. The molecule has 3 rings (SSSR count). The van der Waals surface area contributed by atoms with Crippen LogP contribution in [0.3, 0.4) is 0 Å². The summed E-state index contributed by atoms with van der Waals surface area (Å²) in [4.78, 5) is 6.15. The van der Waals surface area contributed by atoms with Crippen molar-refractivity contribution in [2.75, 3.05) is 11.9 Å². The maximum absolute atomic E-state index is 4.91. The first-order valence-corrected chi connectivity index (χ1v) is 8.71. The van der Waals surface area contributed by atoms with Gasteiger partial charge in [-0.05, 0) is 19.8 Å². The Kier molecular flexibility index (Phi) is 3.54. The molecule has 0 spiro atoms. The summed E-state index contributed by atoms with van der Waals surface area (Å²) in [6.45, 7) is 9.60. The van der Waals surface area contributed by atoms with E-state index in [4.69, 9.17) is 4.98 Å². The zero-order valence-corrected chi connectivity index (χ0v) is 14.0. The van der Waals surface area contributed by atoms with Gasteiger partial charge in [-0.15, -0.1) is 21.5 Å². The minimum Gasteiger partial charge on any atom is -0.360 e. The van der Waals surface area contributed by atoms with Gasteiger partial charge in [0, 0.05) is 17.9 Å². The van der Waals surface area contributed by atoms with E-state index in [1.54, 1.807) is 22.7 Å². The smallest absolute Gasteiger partial charge is 0.206 e. The minimum absolute atomic E-state index is 0.0990. The Balaban J connectivity index is 2.00. The van der Waals surface area contributed by atoms with Crippen LogP contribution < -0.4 is 5.32 Å². The number of hydrogen-bond donors (Lipinski definition) is 1. The molecular weight excluding hydrogens is 288 g/mol. The number of nitrogens with one attached hydrogen (secondary N) is 1. The molecule has 2 heterocycles. The molecule has 0 saturated heterocycles. The average molecular weight is 308 g/mol. The summed E-state index contributed by atoms with van der Waals surface area (Å²) in [5.41, 5.74) is 1.35. The molecule has 1 fully saturated rings. The van der Waals surface area contributed by atoms with Crippen molar-refractivity contribution in [2.24, 2.45) is 0 Å². The molecule has 0 radical (unpaired) electrons. The summed E-state index contributed by atoms with van der Waals surface area (Å²) in [5, 5.41) is 14.9. The minimum atomic E-state index is 0.0990. The summed E-state index contributed by atoms with van der Waals surface area (Å²) >= 11 is 3.42. The summed E-state index contributed by atoms with van der Waals surface area (Å²) in [6, 6.07) is 0. The quantitative estimate of drug-likeness (QED) is 0.916. The molecule has 0 unspecified atom stereocenters. The highest BCUT2D eigenvalue weighted by molar-refractivity contribution is 7.23. The van der Waals surface area contributed by atoms with Gasteiger partial charge in [-0.3, -0.25) is 0 Å². The maximum atomic E-state index is 4.91. The fraction of sp³-hybridized carbons (Fsp3) is 0.643. The fourth-order valence-corrected chi connectivity index (χ4v) is 4.08. The van der Waals surface area contributed by atoms with Crippen molar-refractivity contribution in [3.05, 3.63) is 10.7 Å². The van der Waals surface area contributed by atoms with Gasteiger partial charge in [0.1, 0.15) is 0 Å². The van der Waals surface area contributed by atoms with E-state index in [1.165, 1.54) is 28.4 Å². The summed E-state index contributed by atoms with van der Waals surface area (Å²) in [6.07, 6.45) is 2.53. The van der Waals surface area contributed by atoms with Crippen LogP contribution in [0.2, 0.25) is 0 Å². The number of anilines is 1. The molecule has 1 N–H and O–H groups in total. The first-order chi connectivity index (χ1) is 9.49. The van der Waals surface area contributed by atoms with Gasteiger partial charge in [-0.2, -0.15) is 0 Å². The molecule has 4 nitrogen and oxygen atoms in total. The van der Waals surface area contributed by atoms with E-state index in [0.29, 0.717) is 5.92 Å². The predicted molar refractivity (Wildman–Crippen MR) is 85.9 cm³/mol. The van der Waals surface area contributed by atoms with Crippen LogP contribution in [-0.2, 0) is 5.41 Å². The topological polar surface area (TPSA) is 50.7 Å². The van der Waals surface area contributed by atoms with Crippen LogP contribution >= 0.6 is 22.7 Å². The largest absolute Gasteiger partial charge is 0.360 e. The number of nitrogens with zero attached hydrogens (tertiary/aromatic N) is 3. The lowest BCUT2D eigenvalue weighted by atomic mass is 9.98. The first-order valence-electron chi connectivity index (χ1n) is 7.08. The SMILES string of the molecule is CCNc1nnc(-c2sc(C(C)(C)C)nc2C2CC2)s1. The van der Waals surface area contributed by atoms with Crippen molar-refractivity contribution in [2.45, 2.75) is 51.9 Å². The molecule has 2 aromatic rings. The molecule has 0 atom stereocenters.